The summed E-state index contributed by atoms with van der Waals surface area (Å²) in [6.07, 6.45) is 0. The van der Waals surface area contributed by atoms with Crippen molar-refractivity contribution < 1.29 is 5.79 Å². The second-order valence-electron chi connectivity index (χ2n) is 9.61. The summed E-state index contributed by atoms with van der Waals surface area (Å²) in [5.41, 5.74) is 6.42. The molecule has 37 heavy (non-hydrogen) atoms. The van der Waals surface area contributed by atoms with Gasteiger partial charge in [0.2, 0.25) is 0 Å². The molecule has 0 saturated heterocycles. The minimum Gasteiger partial charge on any atom is -0.456 e. The van der Waals surface area contributed by atoms with Crippen LogP contribution in [0, 0.1) is 0 Å². The van der Waals surface area contributed by atoms with Crippen molar-refractivity contribution in [3.63, 3.8) is 0 Å². The Bertz CT molecular complexity index is 2190. The van der Waals surface area contributed by atoms with E-state index in [2.05, 4.69) is 115 Å². The van der Waals surface area contributed by atoms with E-state index >= 15 is 0 Å². The molecular weight excluding hydrogens is 448 g/mol. The van der Waals surface area contributed by atoms with Gasteiger partial charge in [-0.3, -0.25) is 0 Å². The van der Waals surface area contributed by atoms with Crippen molar-refractivity contribution in [3.8, 4) is 22.3 Å². The summed E-state index contributed by atoms with van der Waals surface area (Å²) in [4.78, 5) is 0. The van der Waals surface area contributed by atoms with Crippen LogP contribution in [0.5, 0.6) is 0 Å². The Morgan fingerprint density at radius 1 is 0.459 bits per heavy atom. The van der Waals surface area contributed by atoms with Gasteiger partial charge in [-0.25, -0.2) is 0 Å². The van der Waals surface area contributed by atoms with Gasteiger partial charge in [0.15, 0.2) is 0 Å². The molecule has 1 heteroatoms. The maximum absolute atomic E-state index is 8.56. The summed E-state index contributed by atoms with van der Waals surface area (Å²) in [6.45, 7) is 0. The van der Waals surface area contributed by atoms with Gasteiger partial charge in [-0.05, 0) is 72.8 Å². The maximum atomic E-state index is 8.56. The third-order valence-electron chi connectivity index (χ3n) is 7.56. The van der Waals surface area contributed by atoms with Crippen LogP contribution < -0.4 is 0 Å². The van der Waals surface area contributed by atoms with Crippen LogP contribution in [-0.2, 0) is 0 Å². The Hall–Kier alpha value is -4.88. The van der Waals surface area contributed by atoms with Gasteiger partial charge in [0, 0.05) is 10.8 Å². The minimum atomic E-state index is 0.503. The van der Waals surface area contributed by atoms with Crippen molar-refractivity contribution in [1.82, 2.24) is 0 Å². The quantitative estimate of drug-likeness (QED) is 0.229. The van der Waals surface area contributed by atoms with Crippen LogP contribution in [-0.4, -0.2) is 0 Å². The average molecular weight is 472 g/mol. The summed E-state index contributed by atoms with van der Waals surface area (Å²) in [5, 5.41) is 9.20. The zero-order valence-electron chi connectivity index (χ0n) is 21.0. The van der Waals surface area contributed by atoms with Crippen LogP contribution in [0.3, 0.4) is 0 Å². The van der Waals surface area contributed by atoms with Gasteiger partial charge < -0.3 is 4.42 Å². The van der Waals surface area contributed by atoms with Crippen molar-refractivity contribution >= 4 is 54.3 Å². The van der Waals surface area contributed by atoms with Crippen LogP contribution in [0.2, 0.25) is 0 Å². The highest BCUT2D eigenvalue weighted by molar-refractivity contribution is 6.26. The molecule has 0 radical (unpaired) electrons. The van der Waals surface area contributed by atoms with Crippen molar-refractivity contribution in [1.29, 1.82) is 0 Å². The van der Waals surface area contributed by atoms with Crippen molar-refractivity contribution in [2.75, 3.05) is 0 Å². The Morgan fingerprint density at radius 2 is 1.11 bits per heavy atom. The lowest BCUT2D eigenvalue weighted by molar-refractivity contribution is 0.669. The second-order valence-corrected chi connectivity index (χ2v) is 9.61. The lowest BCUT2D eigenvalue weighted by Crippen LogP contribution is -1.91. The molecule has 0 bridgehead atoms. The molecule has 0 atom stereocenters. The summed E-state index contributed by atoms with van der Waals surface area (Å²) < 4.78 is 15.0. The van der Waals surface area contributed by atoms with Crippen molar-refractivity contribution in [2.24, 2.45) is 0 Å². The van der Waals surface area contributed by atoms with E-state index in [0.717, 1.165) is 43.8 Å². The monoisotopic (exact) mass is 471 g/mol. The molecule has 1 heterocycles. The summed E-state index contributed by atoms with van der Waals surface area (Å²) in [7, 11) is 0. The molecule has 0 N–H and O–H groups in total. The van der Waals surface area contributed by atoms with Crippen molar-refractivity contribution in [2.45, 2.75) is 0 Å². The van der Waals surface area contributed by atoms with E-state index in [9.17, 15) is 0 Å². The van der Waals surface area contributed by atoms with Crippen LogP contribution in [0.4, 0.5) is 0 Å². The normalized spacial score (nSPS) is 12.2. The fourth-order valence-electron chi connectivity index (χ4n) is 5.99. The second kappa shape index (κ2) is 7.81. The number of fused-ring (bicyclic) bond motifs is 6. The fourth-order valence-corrected chi connectivity index (χ4v) is 5.99. The van der Waals surface area contributed by atoms with E-state index in [1.54, 1.807) is 0 Å². The van der Waals surface area contributed by atoms with Crippen LogP contribution in [0.1, 0.15) is 1.37 Å². The van der Waals surface area contributed by atoms with E-state index in [1.165, 1.54) is 32.7 Å². The van der Waals surface area contributed by atoms with Gasteiger partial charge in [-0.2, -0.15) is 0 Å². The predicted molar refractivity (Wildman–Crippen MR) is 157 cm³/mol. The molecule has 0 spiro atoms. The number of benzene rings is 7. The predicted octanol–water partition coefficient (Wildman–Crippen LogP) is 10.4. The summed E-state index contributed by atoms with van der Waals surface area (Å²) >= 11 is 0. The molecule has 1 aromatic heterocycles. The summed E-state index contributed by atoms with van der Waals surface area (Å²) in [6, 6.07) is 44.9. The van der Waals surface area contributed by atoms with Gasteiger partial charge in [0.25, 0.3) is 0 Å². The molecule has 0 fully saturated rings. The third-order valence-corrected chi connectivity index (χ3v) is 7.56. The lowest BCUT2D eigenvalue weighted by Gasteiger charge is -2.18. The zero-order valence-corrected chi connectivity index (χ0v) is 20.0. The SMILES string of the molecule is [2H]c1ccc2c(-c3ccccc3)c3ccccc3c(-c3cccc4oc5cc6ccccc6cc5c34)c2c1. The Balaban J connectivity index is 1.58. The smallest absolute Gasteiger partial charge is 0.136 e. The molecule has 0 aliphatic heterocycles. The van der Waals surface area contributed by atoms with Gasteiger partial charge in [-0.1, -0.05) is 115 Å². The maximum Gasteiger partial charge on any atom is 0.136 e. The van der Waals surface area contributed by atoms with Gasteiger partial charge in [0.05, 0.1) is 1.37 Å². The zero-order chi connectivity index (χ0) is 25.2. The van der Waals surface area contributed by atoms with Crippen molar-refractivity contribution in [3.05, 3.63) is 133 Å². The van der Waals surface area contributed by atoms with Crippen LogP contribution in [0.25, 0.3) is 76.5 Å². The van der Waals surface area contributed by atoms with Gasteiger partial charge >= 0.3 is 0 Å². The van der Waals surface area contributed by atoms with E-state index in [1.807, 2.05) is 12.1 Å². The largest absolute Gasteiger partial charge is 0.456 e. The standard InChI is InChI=1S/C36H22O/c1-2-11-23(12-3-1)34-26-15-6-8-17-28(26)35(29-18-9-7-16-27(29)34)30-19-10-20-32-36(30)31-21-24-13-4-5-14-25(24)22-33(31)37-32/h1-22H/i8D. The molecule has 8 rings (SSSR count). The Labute approximate surface area is 215 Å². The van der Waals surface area contributed by atoms with E-state index in [-0.39, 0.29) is 0 Å². The lowest BCUT2D eigenvalue weighted by atomic mass is 9.85. The highest BCUT2D eigenvalue weighted by atomic mass is 16.3. The summed E-state index contributed by atoms with van der Waals surface area (Å²) in [5.74, 6) is 0. The topological polar surface area (TPSA) is 13.1 Å². The van der Waals surface area contributed by atoms with Gasteiger partial charge in [0.1, 0.15) is 11.2 Å². The Kier molecular flexibility index (Phi) is 4.08. The highest BCUT2D eigenvalue weighted by Gasteiger charge is 2.20. The molecule has 0 aliphatic rings. The molecule has 0 saturated carbocycles. The number of furan rings is 1. The third kappa shape index (κ3) is 2.98. The first-order valence-corrected chi connectivity index (χ1v) is 12.6. The molecule has 1 nitrogen and oxygen atoms in total. The average Bonchev–Trinajstić information content (AvgIpc) is 3.33. The van der Waals surface area contributed by atoms with E-state index in [4.69, 9.17) is 5.79 Å². The van der Waals surface area contributed by atoms with E-state index in [0.29, 0.717) is 6.04 Å². The minimum absolute atomic E-state index is 0.503. The van der Waals surface area contributed by atoms with E-state index < -0.39 is 0 Å². The molecule has 8 aromatic rings. The Morgan fingerprint density at radius 3 is 1.92 bits per heavy atom. The molecular formula is C36H22O. The first-order valence-electron chi connectivity index (χ1n) is 13.1. The van der Waals surface area contributed by atoms with Crippen LogP contribution >= 0.6 is 0 Å². The highest BCUT2D eigenvalue weighted by Crippen LogP contribution is 2.47. The molecule has 0 aliphatic carbocycles. The molecule has 7 aromatic carbocycles. The molecule has 0 unspecified atom stereocenters. The molecule has 172 valence electrons. The fraction of sp³-hybridized carbons (Fsp3) is 0. The number of hydrogen-bond acceptors (Lipinski definition) is 1. The first-order chi connectivity index (χ1) is 18.8. The van der Waals surface area contributed by atoms with Gasteiger partial charge in [-0.15, -0.1) is 0 Å². The first kappa shape index (κ1) is 19.3. The number of rotatable bonds is 2. The van der Waals surface area contributed by atoms with Crippen LogP contribution in [0.15, 0.2) is 138 Å². The molecule has 0 amide bonds. The number of hydrogen-bond donors (Lipinski definition) is 0.